The Morgan fingerprint density at radius 2 is 1.55 bits per heavy atom. The molecule has 0 bridgehead atoms. The summed E-state index contributed by atoms with van der Waals surface area (Å²) >= 11 is 0. The predicted octanol–water partition coefficient (Wildman–Crippen LogP) is 3.27. The molecular weight excluding hydrogens is 466 g/mol. The minimum absolute atomic E-state index is 0.0565. The minimum Gasteiger partial charge on any atom is -0.462 e. The van der Waals surface area contributed by atoms with E-state index in [-0.39, 0.29) is 27.6 Å². The van der Waals surface area contributed by atoms with Crippen LogP contribution in [0, 0.1) is 0 Å². The van der Waals surface area contributed by atoms with Crippen molar-refractivity contribution in [3.63, 3.8) is 0 Å². The number of anilines is 2. The van der Waals surface area contributed by atoms with Gasteiger partial charge in [-0.2, -0.15) is 4.31 Å². The van der Waals surface area contributed by atoms with Crippen molar-refractivity contribution in [1.29, 1.82) is 0 Å². The molecule has 2 N–H and O–H groups in total. The number of nitrogens with one attached hydrogen (secondary N) is 2. The Balaban J connectivity index is 1.87. The summed E-state index contributed by atoms with van der Waals surface area (Å²) in [6.45, 7) is 5.21. The summed E-state index contributed by atoms with van der Waals surface area (Å²) in [4.78, 5) is 12.0. The SMILES string of the molecule is CCNc1ccc(C(=O)OCC)cc1NS(=O)(=O)c1ccc(S(=O)(=O)N2CCCCC2)cc1. The number of ether oxygens (including phenoxy) is 1. The van der Waals surface area contributed by atoms with Gasteiger partial charge in [-0.25, -0.2) is 21.6 Å². The lowest BCUT2D eigenvalue weighted by Gasteiger charge is -2.25. The van der Waals surface area contributed by atoms with Gasteiger partial charge in [-0.1, -0.05) is 6.42 Å². The van der Waals surface area contributed by atoms with Gasteiger partial charge in [0.25, 0.3) is 10.0 Å². The third-order valence-electron chi connectivity index (χ3n) is 5.23. The van der Waals surface area contributed by atoms with E-state index in [1.54, 1.807) is 19.1 Å². The molecule has 1 heterocycles. The lowest BCUT2D eigenvalue weighted by molar-refractivity contribution is 0.0526. The van der Waals surface area contributed by atoms with Crippen LogP contribution >= 0.6 is 0 Å². The highest BCUT2D eigenvalue weighted by Crippen LogP contribution is 2.28. The molecule has 0 atom stereocenters. The summed E-state index contributed by atoms with van der Waals surface area (Å²) in [6, 6.07) is 9.69. The Labute approximate surface area is 195 Å². The Hall–Kier alpha value is -2.63. The van der Waals surface area contributed by atoms with Crippen LogP contribution in [0.25, 0.3) is 0 Å². The second-order valence-corrected chi connectivity index (χ2v) is 11.2. The zero-order chi connectivity index (χ0) is 24.1. The van der Waals surface area contributed by atoms with Gasteiger partial charge < -0.3 is 10.1 Å². The van der Waals surface area contributed by atoms with E-state index in [1.165, 1.54) is 34.6 Å². The van der Waals surface area contributed by atoms with Gasteiger partial charge in [0.2, 0.25) is 10.0 Å². The maximum Gasteiger partial charge on any atom is 0.338 e. The second kappa shape index (κ2) is 10.5. The van der Waals surface area contributed by atoms with E-state index in [2.05, 4.69) is 10.0 Å². The molecule has 0 unspecified atom stereocenters. The van der Waals surface area contributed by atoms with Crippen LogP contribution in [0.1, 0.15) is 43.5 Å². The number of esters is 1. The standard InChI is InChI=1S/C22H29N3O6S2/c1-3-23-20-13-8-17(22(26)31-4-2)16-21(20)24-32(27,28)18-9-11-19(12-10-18)33(29,30)25-14-6-5-7-15-25/h8-13,16,23-24H,3-7,14-15H2,1-2H3. The third kappa shape index (κ3) is 5.84. The van der Waals surface area contributed by atoms with E-state index in [1.807, 2.05) is 6.92 Å². The van der Waals surface area contributed by atoms with Crippen LogP contribution in [0.5, 0.6) is 0 Å². The fourth-order valence-corrected chi connectivity index (χ4v) is 6.15. The van der Waals surface area contributed by atoms with Crippen molar-refractivity contribution in [2.45, 2.75) is 42.9 Å². The first-order valence-corrected chi connectivity index (χ1v) is 13.8. The van der Waals surface area contributed by atoms with E-state index in [9.17, 15) is 21.6 Å². The zero-order valence-corrected chi connectivity index (χ0v) is 20.3. The number of benzene rings is 2. The van der Waals surface area contributed by atoms with Gasteiger partial charge in [0.1, 0.15) is 0 Å². The number of rotatable bonds is 9. The lowest BCUT2D eigenvalue weighted by atomic mass is 10.1. The zero-order valence-electron chi connectivity index (χ0n) is 18.7. The Kier molecular flexibility index (Phi) is 7.98. The van der Waals surface area contributed by atoms with Crippen molar-refractivity contribution in [1.82, 2.24) is 4.31 Å². The van der Waals surface area contributed by atoms with Crippen LogP contribution in [-0.4, -0.2) is 53.4 Å². The molecule has 9 nitrogen and oxygen atoms in total. The van der Waals surface area contributed by atoms with Gasteiger partial charge in [-0.05, 0) is 69.2 Å². The molecule has 2 aromatic carbocycles. The van der Waals surface area contributed by atoms with E-state index in [0.717, 1.165) is 19.3 Å². The molecule has 0 saturated carbocycles. The highest BCUT2D eigenvalue weighted by atomic mass is 32.2. The molecule has 1 saturated heterocycles. The molecule has 0 spiro atoms. The van der Waals surface area contributed by atoms with Crippen LogP contribution in [-0.2, 0) is 24.8 Å². The highest BCUT2D eigenvalue weighted by Gasteiger charge is 2.26. The number of piperidine rings is 1. The normalized spacial score (nSPS) is 15.1. The van der Waals surface area contributed by atoms with Crippen molar-refractivity contribution in [3.05, 3.63) is 48.0 Å². The highest BCUT2D eigenvalue weighted by molar-refractivity contribution is 7.92. The van der Waals surface area contributed by atoms with Crippen LogP contribution < -0.4 is 10.0 Å². The molecule has 1 aliphatic rings. The summed E-state index contributed by atoms with van der Waals surface area (Å²) < 4.78 is 60.6. The largest absolute Gasteiger partial charge is 0.462 e. The van der Waals surface area contributed by atoms with Crippen molar-refractivity contribution in [3.8, 4) is 0 Å². The van der Waals surface area contributed by atoms with Crippen LogP contribution in [0.4, 0.5) is 11.4 Å². The first-order chi connectivity index (χ1) is 15.7. The van der Waals surface area contributed by atoms with Crippen molar-refractivity contribution < 1.29 is 26.4 Å². The first-order valence-electron chi connectivity index (χ1n) is 10.9. The van der Waals surface area contributed by atoms with Crippen molar-refractivity contribution in [2.24, 2.45) is 0 Å². The fraction of sp³-hybridized carbons (Fsp3) is 0.409. The molecule has 0 radical (unpaired) electrons. The minimum atomic E-state index is -4.05. The number of carbonyl (C=O) groups is 1. The smallest absolute Gasteiger partial charge is 0.338 e. The number of sulfonamides is 2. The maximum absolute atomic E-state index is 13.0. The van der Waals surface area contributed by atoms with Gasteiger partial charge in [0.05, 0.1) is 33.3 Å². The van der Waals surface area contributed by atoms with Crippen molar-refractivity contribution >= 4 is 37.4 Å². The average Bonchev–Trinajstić information content (AvgIpc) is 2.81. The van der Waals surface area contributed by atoms with E-state index in [4.69, 9.17) is 4.74 Å². The van der Waals surface area contributed by atoms with E-state index >= 15 is 0 Å². The van der Waals surface area contributed by atoms with E-state index < -0.39 is 26.0 Å². The van der Waals surface area contributed by atoms with E-state index in [0.29, 0.717) is 25.3 Å². The molecule has 0 aliphatic carbocycles. The number of carbonyl (C=O) groups excluding carboxylic acids is 1. The maximum atomic E-state index is 13.0. The molecule has 2 aromatic rings. The molecule has 0 aromatic heterocycles. The molecule has 33 heavy (non-hydrogen) atoms. The summed E-state index contributed by atoms with van der Waals surface area (Å²) in [6.07, 6.45) is 2.63. The van der Waals surface area contributed by atoms with Crippen LogP contribution in [0.3, 0.4) is 0 Å². The van der Waals surface area contributed by atoms with Crippen LogP contribution in [0.2, 0.25) is 0 Å². The van der Waals surface area contributed by atoms with Gasteiger partial charge in [0, 0.05) is 19.6 Å². The Morgan fingerprint density at radius 3 is 2.15 bits per heavy atom. The summed E-state index contributed by atoms with van der Waals surface area (Å²) in [5.74, 6) is -0.562. The quantitative estimate of drug-likeness (QED) is 0.512. The molecule has 0 amide bonds. The van der Waals surface area contributed by atoms with Gasteiger partial charge in [-0.15, -0.1) is 0 Å². The van der Waals surface area contributed by atoms with Gasteiger partial charge >= 0.3 is 5.97 Å². The average molecular weight is 496 g/mol. The summed E-state index contributed by atoms with van der Waals surface area (Å²) in [7, 11) is -7.71. The van der Waals surface area contributed by atoms with Gasteiger partial charge in [0.15, 0.2) is 0 Å². The molecule has 180 valence electrons. The topological polar surface area (TPSA) is 122 Å². The Bertz CT molecular complexity index is 1190. The molecule has 11 heteroatoms. The number of hydrogen-bond acceptors (Lipinski definition) is 7. The van der Waals surface area contributed by atoms with Crippen LogP contribution in [0.15, 0.2) is 52.3 Å². The summed E-state index contributed by atoms with van der Waals surface area (Å²) in [5.41, 5.74) is 0.894. The molecule has 1 aliphatic heterocycles. The lowest BCUT2D eigenvalue weighted by Crippen LogP contribution is -2.35. The monoisotopic (exact) mass is 495 g/mol. The molecule has 1 fully saturated rings. The van der Waals surface area contributed by atoms with Crippen molar-refractivity contribution in [2.75, 3.05) is 36.3 Å². The predicted molar refractivity (Wildman–Crippen MR) is 126 cm³/mol. The molecule has 3 rings (SSSR count). The second-order valence-electron chi connectivity index (χ2n) is 7.55. The number of hydrogen-bond donors (Lipinski definition) is 2. The summed E-state index contributed by atoms with van der Waals surface area (Å²) in [5, 5.41) is 3.05. The Morgan fingerprint density at radius 1 is 0.909 bits per heavy atom. The first kappa shape index (κ1) is 25.0. The van der Waals surface area contributed by atoms with Gasteiger partial charge in [-0.3, -0.25) is 4.72 Å². The molecular formula is C22H29N3O6S2. The fourth-order valence-electron chi connectivity index (χ4n) is 3.56. The third-order valence-corrected chi connectivity index (χ3v) is 8.52. The number of nitrogens with zero attached hydrogens (tertiary/aromatic N) is 1.